The molecule has 0 spiro atoms. The van der Waals surface area contributed by atoms with Crippen LogP contribution in [0.1, 0.15) is 58.9 Å². The molecule has 222 valence electrons. The van der Waals surface area contributed by atoms with E-state index in [0.717, 1.165) is 24.8 Å². The molecule has 1 aliphatic heterocycles. The highest BCUT2D eigenvalue weighted by molar-refractivity contribution is 5.83. The van der Waals surface area contributed by atoms with Gasteiger partial charge >= 0.3 is 0 Å². The lowest BCUT2D eigenvalue weighted by Gasteiger charge is -2.30. The van der Waals surface area contributed by atoms with Gasteiger partial charge in [-0.3, -0.25) is 9.59 Å². The molecule has 1 aliphatic rings. The number of benzene rings is 1. The highest BCUT2D eigenvalue weighted by Gasteiger charge is 2.31. The highest BCUT2D eigenvalue weighted by atomic mass is 16.5. The van der Waals surface area contributed by atoms with Crippen LogP contribution in [0.25, 0.3) is 0 Å². The maximum atomic E-state index is 12.9. The number of methoxy groups -OCH3 is 2. The zero-order valence-corrected chi connectivity index (χ0v) is 24.7. The molecule has 1 aromatic carbocycles. The van der Waals surface area contributed by atoms with Gasteiger partial charge < -0.3 is 35.7 Å². The smallest absolute Gasteiger partial charge is 0.224 e. The summed E-state index contributed by atoms with van der Waals surface area (Å²) in [5, 5.41) is 16.8. The Hall–Kier alpha value is -2.36. The molecule has 1 aromatic rings. The Balaban J connectivity index is 1.98. The van der Waals surface area contributed by atoms with Crippen LogP contribution < -0.4 is 25.8 Å². The summed E-state index contributed by atoms with van der Waals surface area (Å²) in [4.78, 5) is 24.8. The van der Waals surface area contributed by atoms with Crippen LogP contribution in [0, 0.1) is 29.6 Å². The Labute approximate surface area is 234 Å². The molecule has 1 saturated heterocycles. The van der Waals surface area contributed by atoms with Crippen molar-refractivity contribution in [2.45, 2.75) is 71.9 Å². The summed E-state index contributed by atoms with van der Waals surface area (Å²) in [6.07, 6.45) is 2.41. The Kier molecular flexibility index (Phi) is 14.0. The zero-order chi connectivity index (χ0) is 28.9. The van der Waals surface area contributed by atoms with Gasteiger partial charge in [-0.2, -0.15) is 0 Å². The van der Waals surface area contributed by atoms with Crippen LogP contribution in [0.15, 0.2) is 18.2 Å². The number of aliphatic hydroxyl groups is 1. The van der Waals surface area contributed by atoms with E-state index >= 15 is 0 Å². The van der Waals surface area contributed by atoms with Crippen LogP contribution in [0.5, 0.6) is 11.5 Å². The second-order valence-electron chi connectivity index (χ2n) is 11.5. The van der Waals surface area contributed by atoms with E-state index in [0.29, 0.717) is 50.1 Å². The molecule has 1 heterocycles. The lowest BCUT2D eigenvalue weighted by atomic mass is 9.80. The first-order valence-corrected chi connectivity index (χ1v) is 14.3. The maximum Gasteiger partial charge on any atom is 0.224 e. The lowest BCUT2D eigenvalue weighted by Crippen LogP contribution is -2.43. The molecule has 5 N–H and O–H groups in total. The maximum absolute atomic E-state index is 12.9. The van der Waals surface area contributed by atoms with Crippen molar-refractivity contribution in [1.82, 2.24) is 10.6 Å². The van der Waals surface area contributed by atoms with Gasteiger partial charge in [-0.25, -0.2) is 0 Å². The molecule has 0 unspecified atom stereocenters. The van der Waals surface area contributed by atoms with E-state index in [1.807, 2.05) is 32.0 Å². The lowest BCUT2D eigenvalue weighted by molar-refractivity contribution is -0.128. The Morgan fingerprint density at radius 1 is 1.13 bits per heavy atom. The summed E-state index contributed by atoms with van der Waals surface area (Å²) in [5.41, 5.74) is 7.65. The zero-order valence-electron chi connectivity index (χ0n) is 24.7. The average Bonchev–Trinajstić information content (AvgIpc) is 3.31. The van der Waals surface area contributed by atoms with Crippen molar-refractivity contribution < 1.29 is 28.9 Å². The minimum atomic E-state index is -0.810. The molecule has 9 nitrogen and oxygen atoms in total. The van der Waals surface area contributed by atoms with Gasteiger partial charge in [-0.15, -0.1) is 0 Å². The molecular formula is C30H51N3O6. The van der Waals surface area contributed by atoms with Crippen molar-refractivity contribution in [2.75, 3.05) is 40.5 Å². The summed E-state index contributed by atoms with van der Waals surface area (Å²) < 4.78 is 16.5. The summed E-state index contributed by atoms with van der Waals surface area (Å²) >= 11 is 0. The minimum absolute atomic E-state index is 0.0141. The summed E-state index contributed by atoms with van der Waals surface area (Å²) in [6, 6.07) is 5.53. The van der Waals surface area contributed by atoms with E-state index in [-0.39, 0.29) is 41.9 Å². The van der Waals surface area contributed by atoms with Crippen molar-refractivity contribution >= 4 is 11.8 Å². The van der Waals surface area contributed by atoms with E-state index in [9.17, 15) is 14.7 Å². The second kappa shape index (κ2) is 16.7. The number of carbonyl (C=O) groups is 2. The number of nitrogens with two attached hydrogens (primary N) is 1. The van der Waals surface area contributed by atoms with Gasteiger partial charge in [0.1, 0.15) is 0 Å². The molecule has 1 fully saturated rings. The Bertz CT molecular complexity index is 893. The van der Waals surface area contributed by atoms with Crippen molar-refractivity contribution in [3.63, 3.8) is 0 Å². The molecule has 2 amide bonds. The van der Waals surface area contributed by atoms with Crippen LogP contribution >= 0.6 is 0 Å². The number of amides is 2. The van der Waals surface area contributed by atoms with Crippen molar-refractivity contribution in [1.29, 1.82) is 0 Å². The van der Waals surface area contributed by atoms with Gasteiger partial charge in [-0.1, -0.05) is 33.8 Å². The van der Waals surface area contributed by atoms with Gasteiger partial charge in [0.15, 0.2) is 11.5 Å². The van der Waals surface area contributed by atoms with E-state index in [2.05, 4.69) is 24.5 Å². The van der Waals surface area contributed by atoms with E-state index in [1.165, 1.54) is 0 Å². The van der Waals surface area contributed by atoms with Crippen LogP contribution in [0.2, 0.25) is 0 Å². The first-order chi connectivity index (χ1) is 18.6. The molecule has 5 atom stereocenters. The van der Waals surface area contributed by atoms with Crippen molar-refractivity contribution in [3.05, 3.63) is 23.8 Å². The molecule has 0 radical (unpaired) electrons. The number of carbonyl (C=O) groups excluding carboxylic acids is 2. The van der Waals surface area contributed by atoms with Gasteiger partial charge in [-0.05, 0) is 61.1 Å². The van der Waals surface area contributed by atoms with Crippen LogP contribution in [0.3, 0.4) is 0 Å². The van der Waals surface area contributed by atoms with Crippen molar-refractivity contribution in [3.8, 4) is 11.5 Å². The fourth-order valence-corrected chi connectivity index (χ4v) is 5.06. The largest absolute Gasteiger partial charge is 0.493 e. The fraction of sp³-hybridized carbons (Fsp3) is 0.733. The number of hydrogen-bond donors (Lipinski definition) is 4. The Morgan fingerprint density at radius 2 is 1.87 bits per heavy atom. The number of ether oxygens (including phenoxy) is 3. The van der Waals surface area contributed by atoms with Crippen LogP contribution in [-0.2, 0) is 20.7 Å². The third-order valence-electron chi connectivity index (χ3n) is 7.81. The molecule has 0 saturated carbocycles. The minimum Gasteiger partial charge on any atom is -0.493 e. The first kappa shape index (κ1) is 32.8. The van der Waals surface area contributed by atoms with E-state index < -0.39 is 12.1 Å². The third kappa shape index (κ3) is 10.6. The summed E-state index contributed by atoms with van der Waals surface area (Å²) in [7, 11) is 3.30. The predicted octanol–water partition coefficient (Wildman–Crippen LogP) is 2.92. The Morgan fingerprint density at radius 3 is 2.46 bits per heavy atom. The summed E-state index contributed by atoms with van der Waals surface area (Å²) in [6.45, 7) is 10.4. The van der Waals surface area contributed by atoms with Gasteiger partial charge in [0.2, 0.25) is 11.8 Å². The van der Waals surface area contributed by atoms with E-state index in [4.69, 9.17) is 19.9 Å². The first-order valence-electron chi connectivity index (χ1n) is 14.3. The third-order valence-corrected chi connectivity index (χ3v) is 7.81. The fourth-order valence-electron chi connectivity index (χ4n) is 5.06. The van der Waals surface area contributed by atoms with Gasteiger partial charge in [0.25, 0.3) is 0 Å². The molecule has 9 heteroatoms. The summed E-state index contributed by atoms with van der Waals surface area (Å²) in [5.74, 6) is 1.30. The normalized spacial score (nSPS) is 18.5. The van der Waals surface area contributed by atoms with Crippen LogP contribution in [0.4, 0.5) is 0 Å². The average molecular weight is 550 g/mol. The quantitative estimate of drug-likeness (QED) is 0.207. The predicted molar refractivity (Wildman–Crippen MR) is 153 cm³/mol. The molecule has 0 aliphatic carbocycles. The number of nitrogens with one attached hydrogen (secondary N) is 2. The topological polar surface area (TPSA) is 132 Å². The van der Waals surface area contributed by atoms with E-state index in [1.54, 1.807) is 14.2 Å². The molecule has 0 aromatic heterocycles. The molecule has 2 rings (SSSR count). The number of aliphatic hydroxyl groups excluding tert-OH is 1. The standard InChI is InChI=1S/C30H51N3O6/c1-19(2)23(14-21-8-9-27(38-6)28(15-21)39-13-7-12-37-5)16-25(31)26(34)17-24(20(3)4)30(36)33-18-22-10-11-32-29(22)35/h8-9,15,19-20,22-26,34H,7,10-14,16-18,31H2,1-6H3,(H,32,35)(H,33,36)/t22-,23-,24-,25-,26-/m0/s1. The number of hydrogen-bond acceptors (Lipinski definition) is 7. The second-order valence-corrected chi connectivity index (χ2v) is 11.5. The van der Waals surface area contributed by atoms with Crippen molar-refractivity contribution in [2.24, 2.45) is 35.3 Å². The molecule has 0 bridgehead atoms. The van der Waals surface area contributed by atoms with Gasteiger partial charge in [0.05, 0.1) is 25.7 Å². The molecular weight excluding hydrogens is 498 g/mol. The van der Waals surface area contributed by atoms with Crippen LogP contribution in [-0.4, -0.2) is 69.6 Å². The monoisotopic (exact) mass is 549 g/mol. The highest BCUT2D eigenvalue weighted by Crippen LogP contribution is 2.31. The number of rotatable bonds is 18. The molecule has 39 heavy (non-hydrogen) atoms. The van der Waals surface area contributed by atoms with Gasteiger partial charge in [0, 0.05) is 45.2 Å². The SMILES string of the molecule is COCCCOc1cc(C[C@@H](C[C@H](N)[C@@H](O)C[C@H](C(=O)NC[C@@H]2CCNC2=O)C(C)C)C(C)C)ccc1OC.